The summed E-state index contributed by atoms with van der Waals surface area (Å²) in [6.45, 7) is 5.19. The standard InChI is InChI=1S/C14H19N3O/c1-3-8-16-14(18)11(2)17-10-13-6-4-12(9-15)5-7-13/h4-7,11,17H,3,8,10H2,1-2H3,(H,16,18). The van der Waals surface area contributed by atoms with Gasteiger partial charge in [-0.15, -0.1) is 0 Å². The van der Waals surface area contributed by atoms with Crippen molar-refractivity contribution in [3.8, 4) is 6.07 Å². The van der Waals surface area contributed by atoms with Crippen LogP contribution in [0.25, 0.3) is 0 Å². The first kappa shape index (κ1) is 14.2. The van der Waals surface area contributed by atoms with Crippen molar-refractivity contribution in [1.82, 2.24) is 10.6 Å². The Morgan fingerprint density at radius 1 is 1.39 bits per heavy atom. The second kappa shape index (κ2) is 7.46. The maximum atomic E-state index is 11.6. The van der Waals surface area contributed by atoms with Crippen LogP contribution in [0.2, 0.25) is 0 Å². The van der Waals surface area contributed by atoms with Gasteiger partial charge in [0.1, 0.15) is 0 Å². The van der Waals surface area contributed by atoms with E-state index in [-0.39, 0.29) is 11.9 Å². The molecular formula is C14H19N3O. The summed E-state index contributed by atoms with van der Waals surface area (Å²) in [5, 5.41) is 14.7. The largest absolute Gasteiger partial charge is 0.355 e. The van der Waals surface area contributed by atoms with Gasteiger partial charge in [-0.3, -0.25) is 4.79 Å². The zero-order chi connectivity index (χ0) is 13.4. The summed E-state index contributed by atoms with van der Waals surface area (Å²) in [6, 6.07) is 9.20. The van der Waals surface area contributed by atoms with Crippen molar-refractivity contribution in [2.75, 3.05) is 6.54 Å². The van der Waals surface area contributed by atoms with Gasteiger partial charge in [0.2, 0.25) is 5.91 Å². The smallest absolute Gasteiger partial charge is 0.236 e. The van der Waals surface area contributed by atoms with Crippen molar-refractivity contribution < 1.29 is 4.79 Å². The van der Waals surface area contributed by atoms with E-state index in [0.717, 1.165) is 12.0 Å². The highest BCUT2D eigenvalue weighted by atomic mass is 16.2. The van der Waals surface area contributed by atoms with Gasteiger partial charge in [-0.05, 0) is 31.0 Å². The van der Waals surface area contributed by atoms with E-state index in [9.17, 15) is 4.79 Å². The minimum Gasteiger partial charge on any atom is -0.355 e. The third kappa shape index (κ3) is 4.56. The Kier molecular flexibility index (Phi) is 5.89. The summed E-state index contributed by atoms with van der Waals surface area (Å²) in [4.78, 5) is 11.6. The van der Waals surface area contributed by atoms with Crippen molar-refractivity contribution in [2.45, 2.75) is 32.9 Å². The molecule has 0 saturated carbocycles. The number of nitriles is 1. The predicted molar refractivity (Wildman–Crippen MR) is 70.8 cm³/mol. The number of rotatable bonds is 6. The van der Waals surface area contributed by atoms with Gasteiger partial charge < -0.3 is 10.6 Å². The van der Waals surface area contributed by atoms with Crippen molar-refractivity contribution >= 4 is 5.91 Å². The van der Waals surface area contributed by atoms with E-state index in [4.69, 9.17) is 5.26 Å². The van der Waals surface area contributed by atoms with Gasteiger partial charge in [-0.2, -0.15) is 5.26 Å². The molecule has 0 aromatic heterocycles. The average Bonchev–Trinajstić information content (AvgIpc) is 2.42. The number of benzene rings is 1. The molecule has 0 fully saturated rings. The highest BCUT2D eigenvalue weighted by Crippen LogP contribution is 2.03. The van der Waals surface area contributed by atoms with Crippen LogP contribution in [0.3, 0.4) is 0 Å². The first-order chi connectivity index (χ1) is 8.67. The van der Waals surface area contributed by atoms with Crippen LogP contribution in [0.4, 0.5) is 0 Å². The van der Waals surface area contributed by atoms with Gasteiger partial charge in [0.25, 0.3) is 0 Å². The molecule has 0 saturated heterocycles. The molecule has 1 unspecified atom stereocenters. The van der Waals surface area contributed by atoms with Gasteiger partial charge >= 0.3 is 0 Å². The topological polar surface area (TPSA) is 64.9 Å². The SMILES string of the molecule is CCCNC(=O)C(C)NCc1ccc(C#N)cc1. The molecular weight excluding hydrogens is 226 g/mol. The fraction of sp³-hybridized carbons (Fsp3) is 0.429. The van der Waals surface area contributed by atoms with Crippen LogP contribution in [0.1, 0.15) is 31.4 Å². The van der Waals surface area contributed by atoms with Gasteiger partial charge in [0, 0.05) is 13.1 Å². The molecule has 96 valence electrons. The normalized spacial score (nSPS) is 11.6. The lowest BCUT2D eigenvalue weighted by atomic mass is 10.1. The molecule has 0 aliphatic heterocycles. The monoisotopic (exact) mass is 245 g/mol. The summed E-state index contributed by atoms with van der Waals surface area (Å²) in [7, 11) is 0. The van der Waals surface area contributed by atoms with Crippen molar-refractivity contribution in [3.05, 3.63) is 35.4 Å². The van der Waals surface area contributed by atoms with E-state index in [1.807, 2.05) is 26.0 Å². The molecule has 0 spiro atoms. The molecule has 2 N–H and O–H groups in total. The molecule has 18 heavy (non-hydrogen) atoms. The number of amides is 1. The van der Waals surface area contributed by atoms with Crippen molar-refractivity contribution in [1.29, 1.82) is 5.26 Å². The molecule has 4 heteroatoms. The molecule has 1 aromatic rings. The quantitative estimate of drug-likeness (QED) is 0.799. The van der Waals surface area contributed by atoms with E-state index in [0.29, 0.717) is 18.7 Å². The van der Waals surface area contributed by atoms with Crippen LogP contribution in [-0.2, 0) is 11.3 Å². The van der Waals surface area contributed by atoms with Crippen LogP contribution in [0, 0.1) is 11.3 Å². The Morgan fingerprint density at radius 3 is 2.61 bits per heavy atom. The number of hydrogen-bond donors (Lipinski definition) is 2. The minimum absolute atomic E-state index is 0.0190. The Labute approximate surface area is 108 Å². The minimum atomic E-state index is -0.216. The lowest BCUT2D eigenvalue weighted by Crippen LogP contribution is -2.42. The van der Waals surface area contributed by atoms with Gasteiger partial charge in [0.05, 0.1) is 17.7 Å². The lowest BCUT2D eigenvalue weighted by Gasteiger charge is -2.13. The summed E-state index contributed by atoms with van der Waals surface area (Å²) in [6.07, 6.45) is 0.939. The van der Waals surface area contributed by atoms with Crippen LogP contribution >= 0.6 is 0 Å². The summed E-state index contributed by atoms with van der Waals surface area (Å²) in [5.74, 6) is 0.0190. The second-order valence-electron chi connectivity index (χ2n) is 4.20. The maximum Gasteiger partial charge on any atom is 0.236 e. The molecule has 1 amide bonds. The zero-order valence-electron chi connectivity index (χ0n) is 10.9. The van der Waals surface area contributed by atoms with Crippen LogP contribution in [0.5, 0.6) is 0 Å². The zero-order valence-corrected chi connectivity index (χ0v) is 10.9. The number of nitrogens with zero attached hydrogens (tertiary/aromatic N) is 1. The lowest BCUT2D eigenvalue weighted by molar-refractivity contribution is -0.122. The first-order valence-electron chi connectivity index (χ1n) is 6.17. The second-order valence-corrected chi connectivity index (χ2v) is 4.20. The van der Waals surface area contributed by atoms with Crippen LogP contribution in [0.15, 0.2) is 24.3 Å². The number of hydrogen-bond acceptors (Lipinski definition) is 3. The highest BCUT2D eigenvalue weighted by molar-refractivity contribution is 5.81. The van der Waals surface area contributed by atoms with E-state index >= 15 is 0 Å². The van der Waals surface area contributed by atoms with E-state index in [1.165, 1.54) is 0 Å². The first-order valence-corrected chi connectivity index (χ1v) is 6.17. The molecule has 0 bridgehead atoms. The van der Waals surface area contributed by atoms with Crippen molar-refractivity contribution in [2.24, 2.45) is 0 Å². The van der Waals surface area contributed by atoms with Gasteiger partial charge in [-0.25, -0.2) is 0 Å². The summed E-state index contributed by atoms with van der Waals surface area (Å²) in [5.41, 5.74) is 1.71. The fourth-order valence-electron chi connectivity index (χ4n) is 1.46. The fourth-order valence-corrected chi connectivity index (χ4v) is 1.46. The Bertz CT molecular complexity index is 420. The molecule has 0 radical (unpaired) electrons. The third-order valence-electron chi connectivity index (χ3n) is 2.64. The highest BCUT2D eigenvalue weighted by Gasteiger charge is 2.10. The van der Waals surface area contributed by atoms with E-state index in [1.54, 1.807) is 12.1 Å². The van der Waals surface area contributed by atoms with E-state index in [2.05, 4.69) is 16.7 Å². The predicted octanol–water partition coefficient (Wildman–Crippen LogP) is 1.56. The number of carbonyl (C=O) groups is 1. The molecule has 1 rings (SSSR count). The molecule has 0 aliphatic rings. The molecule has 1 atom stereocenters. The molecule has 4 nitrogen and oxygen atoms in total. The molecule has 0 aliphatic carbocycles. The molecule has 1 aromatic carbocycles. The average molecular weight is 245 g/mol. The van der Waals surface area contributed by atoms with E-state index < -0.39 is 0 Å². The third-order valence-corrected chi connectivity index (χ3v) is 2.64. The van der Waals surface area contributed by atoms with Gasteiger partial charge in [-0.1, -0.05) is 19.1 Å². The summed E-state index contributed by atoms with van der Waals surface area (Å²) >= 11 is 0. The molecule has 0 heterocycles. The van der Waals surface area contributed by atoms with Gasteiger partial charge in [0.15, 0.2) is 0 Å². The number of carbonyl (C=O) groups excluding carboxylic acids is 1. The Balaban J connectivity index is 2.39. The van der Waals surface area contributed by atoms with Crippen LogP contribution < -0.4 is 10.6 Å². The van der Waals surface area contributed by atoms with Crippen LogP contribution in [-0.4, -0.2) is 18.5 Å². The maximum absolute atomic E-state index is 11.6. The Morgan fingerprint density at radius 2 is 2.06 bits per heavy atom. The Hall–Kier alpha value is -1.86. The number of nitrogens with one attached hydrogen (secondary N) is 2. The van der Waals surface area contributed by atoms with Crippen molar-refractivity contribution in [3.63, 3.8) is 0 Å². The summed E-state index contributed by atoms with van der Waals surface area (Å²) < 4.78 is 0.